The first-order valence-corrected chi connectivity index (χ1v) is 9.65. The monoisotopic (exact) mass is 531 g/mol. The van der Waals surface area contributed by atoms with Crippen molar-refractivity contribution < 1.29 is 19.0 Å². The van der Waals surface area contributed by atoms with Gasteiger partial charge < -0.3 is 24.8 Å². The van der Waals surface area contributed by atoms with Crippen LogP contribution in [0.3, 0.4) is 0 Å². The number of hydrogen-bond acceptors (Lipinski definition) is 4. The molecule has 1 unspecified atom stereocenters. The van der Waals surface area contributed by atoms with Gasteiger partial charge in [0.25, 0.3) is 0 Å². The van der Waals surface area contributed by atoms with E-state index in [0.717, 1.165) is 11.1 Å². The number of aliphatic hydroxyl groups excluding tert-OH is 1. The van der Waals surface area contributed by atoms with Gasteiger partial charge in [0, 0.05) is 20.1 Å². The molecule has 0 aliphatic rings. The maximum Gasteiger partial charge on any atom is 0.194 e. The van der Waals surface area contributed by atoms with Crippen LogP contribution < -0.4 is 10.1 Å². The third kappa shape index (κ3) is 8.85. The highest BCUT2D eigenvalue weighted by Gasteiger charge is 2.11. The largest absolute Gasteiger partial charge is 0.494 e. The van der Waals surface area contributed by atoms with Crippen molar-refractivity contribution in [1.29, 1.82) is 0 Å². The predicted octanol–water partition coefficient (Wildman–Crippen LogP) is 3.43. The van der Waals surface area contributed by atoms with Crippen LogP contribution in [0.2, 0.25) is 0 Å². The minimum absolute atomic E-state index is 0. The fourth-order valence-corrected chi connectivity index (χ4v) is 2.76. The summed E-state index contributed by atoms with van der Waals surface area (Å²) in [4.78, 5) is 6.35. The molecule has 2 rings (SSSR count). The van der Waals surface area contributed by atoms with Gasteiger partial charge in [0.1, 0.15) is 0 Å². The zero-order chi connectivity index (χ0) is 21.1. The minimum Gasteiger partial charge on any atom is -0.494 e. The standard InChI is InChI=1S/C22H30FN3O3.HI/c1-4-24-22(26(2)14-18-10-11-21(28-3)20(23)12-18)25-13-19(27)16-29-15-17-8-6-5-7-9-17;/h5-12,19,27H,4,13-16H2,1-3H3,(H,24,25);1H. The van der Waals surface area contributed by atoms with Crippen LogP contribution in [-0.4, -0.2) is 55.9 Å². The van der Waals surface area contributed by atoms with Gasteiger partial charge in [-0.2, -0.15) is 0 Å². The number of nitrogens with zero attached hydrogens (tertiary/aromatic N) is 2. The molecule has 0 heterocycles. The van der Waals surface area contributed by atoms with Crippen molar-refractivity contribution in [1.82, 2.24) is 10.2 Å². The predicted molar refractivity (Wildman–Crippen MR) is 128 cm³/mol. The molecule has 166 valence electrons. The number of aliphatic hydroxyl groups is 1. The van der Waals surface area contributed by atoms with Gasteiger partial charge in [-0.15, -0.1) is 24.0 Å². The highest BCUT2D eigenvalue weighted by atomic mass is 127. The van der Waals surface area contributed by atoms with Crippen LogP contribution in [0.5, 0.6) is 5.75 Å². The van der Waals surface area contributed by atoms with E-state index in [2.05, 4.69) is 10.3 Å². The fraction of sp³-hybridized carbons (Fsp3) is 0.409. The van der Waals surface area contributed by atoms with Gasteiger partial charge in [-0.1, -0.05) is 36.4 Å². The Morgan fingerprint density at radius 2 is 1.93 bits per heavy atom. The summed E-state index contributed by atoms with van der Waals surface area (Å²) in [5.41, 5.74) is 1.85. The average Bonchev–Trinajstić information content (AvgIpc) is 2.72. The first-order valence-electron chi connectivity index (χ1n) is 9.65. The van der Waals surface area contributed by atoms with Crippen LogP contribution >= 0.6 is 24.0 Å². The van der Waals surface area contributed by atoms with Crippen molar-refractivity contribution in [3.05, 3.63) is 65.5 Å². The Bertz CT molecular complexity index is 777. The number of hydrogen-bond donors (Lipinski definition) is 2. The van der Waals surface area contributed by atoms with Crippen LogP contribution in [-0.2, 0) is 17.9 Å². The summed E-state index contributed by atoms with van der Waals surface area (Å²) in [6.07, 6.45) is -0.709. The number of nitrogens with one attached hydrogen (secondary N) is 1. The molecule has 1 atom stereocenters. The van der Waals surface area contributed by atoms with E-state index in [1.807, 2.05) is 55.3 Å². The Kier molecular flexibility index (Phi) is 12.3. The first kappa shape index (κ1) is 26.1. The second kappa shape index (κ2) is 14.2. The van der Waals surface area contributed by atoms with E-state index in [1.165, 1.54) is 13.2 Å². The summed E-state index contributed by atoms with van der Waals surface area (Å²) >= 11 is 0. The van der Waals surface area contributed by atoms with E-state index in [9.17, 15) is 9.50 Å². The number of benzene rings is 2. The lowest BCUT2D eigenvalue weighted by Crippen LogP contribution is -2.39. The lowest BCUT2D eigenvalue weighted by molar-refractivity contribution is 0.0330. The third-order valence-corrected chi connectivity index (χ3v) is 4.21. The molecule has 0 aliphatic carbocycles. The molecule has 2 aromatic rings. The van der Waals surface area contributed by atoms with Crippen molar-refractivity contribution in [3.8, 4) is 5.75 Å². The van der Waals surface area contributed by atoms with E-state index < -0.39 is 11.9 Å². The highest BCUT2D eigenvalue weighted by molar-refractivity contribution is 14.0. The SMILES string of the molecule is CCNC(=NCC(O)COCc1ccccc1)N(C)Cc1ccc(OC)c(F)c1.I. The number of halogens is 2. The molecular weight excluding hydrogens is 500 g/mol. The summed E-state index contributed by atoms with van der Waals surface area (Å²) in [6.45, 7) is 3.97. The Hall–Kier alpha value is -1.91. The molecule has 0 saturated carbocycles. The van der Waals surface area contributed by atoms with E-state index in [0.29, 0.717) is 25.7 Å². The molecule has 8 heteroatoms. The molecule has 0 radical (unpaired) electrons. The van der Waals surface area contributed by atoms with Crippen LogP contribution in [0.25, 0.3) is 0 Å². The van der Waals surface area contributed by atoms with E-state index >= 15 is 0 Å². The molecule has 0 amide bonds. The van der Waals surface area contributed by atoms with Crippen LogP contribution in [0.1, 0.15) is 18.1 Å². The van der Waals surface area contributed by atoms with E-state index in [1.54, 1.807) is 6.07 Å². The second-order valence-electron chi connectivity index (χ2n) is 6.67. The molecule has 0 saturated heterocycles. The van der Waals surface area contributed by atoms with Gasteiger partial charge in [0.2, 0.25) is 0 Å². The number of guanidine groups is 1. The van der Waals surface area contributed by atoms with E-state index in [-0.39, 0.29) is 42.9 Å². The normalized spacial score (nSPS) is 12.1. The second-order valence-corrected chi connectivity index (χ2v) is 6.67. The van der Waals surface area contributed by atoms with Gasteiger partial charge >= 0.3 is 0 Å². The number of aliphatic imine (C=N–C) groups is 1. The Labute approximate surface area is 195 Å². The van der Waals surface area contributed by atoms with Gasteiger partial charge in [0.05, 0.1) is 33.0 Å². The summed E-state index contributed by atoms with van der Waals surface area (Å²) in [7, 11) is 3.30. The third-order valence-electron chi connectivity index (χ3n) is 4.21. The maximum atomic E-state index is 13.9. The van der Waals surface area contributed by atoms with Crippen LogP contribution in [0.15, 0.2) is 53.5 Å². The van der Waals surface area contributed by atoms with E-state index in [4.69, 9.17) is 9.47 Å². The molecule has 2 N–H and O–H groups in total. The molecule has 6 nitrogen and oxygen atoms in total. The summed E-state index contributed by atoms with van der Waals surface area (Å²) in [5.74, 6) is 0.452. The molecular formula is C22H31FIN3O3. The lowest BCUT2D eigenvalue weighted by Gasteiger charge is -2.23. The molecule has 30 heavy (non-hydrogen) atoms. The van der Waals surface area contributed by atoms with Crippen molar-refractivity contribution in [2.24, 2.45) is 4.99 Å². The van der Waals surface area contributed by atoms with Gasteiger partial charge in [-0.3, -0.25) is 4.99 Å². The zero-order valence-corrected chi connectivity index (χ0v) is 20.0. The summed E-state index contributed by atoms with van der Waals surface area (Å²) < 4.78 is 24.4. The van der Waals surface area contributed by atoms with Crippen LogP contribution in [0, 0.1) is 5.82 Å². The van der Waals surface area contributed by atoms with Gasteiger partial charge in [-0.25, -0.2) is 4.39 Å². The first-order chi connectivity index (χ1) is 14.0. The molecule has 0 spiro atoms. The maximum absolute atomic E-state index is 13.9. The Morgan fingerprint density at radius 3 is 2.57 bits per heavy atom. The quantitative estimate of drug-likeness (QED) is 0.280. The highest BCUT2D eigenvalue weighted by Crippen LogP contribution is 2.18. The molecule has 2 aromatic carbocycles. The van der Waals surface area contributed by atoms with Gasteiger partial charge in [0.15, 0.2) is 17.5 Å². The molecule has 0 fully saturated rings. The minimum atomic E-state index is -0.709. The van der Waals surface area contributed by atoms with Crippen molar-refractivity contribution in [2.45, 2.75) is 26.2 Å². The number of ether oxygens (including phenoxy) is 2. The summed E-state index contributed by atoms with van der Waals surface area (Å²) in [5, 5.41) is 13.4. The number of methoxy groups -OCH3 is 1. The van der Waals surface area contributed by atoms with Crippen molar-refractivity contribution in [3.63, 3.8) is 0 Å². The molecule has 0 aromatic heterocycles. The number of rotatable bonds is 10. The Balaban J connectivity index is 0.00000450. The lowest BCUT2D eigenvalue weighted by atomic mass is 10.2. The molecule has 0 aliphatic heterocycles. The smallest absolute Gasteiger partial charge is 0.194 e. The van der Waals surface area contributed by atoms with Crippen molar-refractivity contribution >= 4 is 29.9 Å². The zero-order valence-electron chi connectivity index (χ0n) is 17.7. The van der Waals surface area contributed by atoms with Crippen LogP contribution in [0.4, 0.5) is 4.39 Å². The summed E-state index contributed by atoms with van der Waals surface area (Å²) in [6, 6.07) is 14.7. The Morgan fingerprint density at radius 1 is 1.20 bits per heavy atom. The fourth-order valence-electron chi connectivity index (χ4n) is 2.76. The van der Waals surface area contributed by atoms with Crippen molar-refractivity contribution in [2.75, 3.05) is 33.9 Å². The topological polar surface area (TPSA) is 66.3 Å². The average molecular weight is 531 g/mol. The molecule has 0 bridgehead atoms. The van der Waals surface area contributed by atoms with Gasteiger partial charge in [-0.05, 0) is 30.2 Å².